The van der Waals surface area contributed by atoms with Crippen molar-refractivity contribution < 1.29 is 58.0 Å². The third kappa shape index (κ3) is 11.0. The molecule has 4 fully saturated rings. The second kappa shape index (κ2) is 22.1. The molecule has 7 N–H and O–H groups in total. The summed E-state index contributed by atoms with van der Waals surface area (Å²) in [6, 6.07) is 17.8. The van der Waals surface area contributed by atoms with Crippen molar-refractivity contribution in [3.8, 4) is 0 Å². The predicted molar refractivity (Wildman–Crippen MR) is 263 cm³/mol. The molecule has 8 rings (SSSR count). The Labute approximate surface area is 424 Å². The summed E-state index contributed by atoms with van der Waals surface area (Å²) in [5, 5.41) is 36.9. The van der Waals surface area contributed by atoms with Gasteiger partial charge in [0, 0.05) is 23.2 Å². The molecule has 3 saturated carbocycles. The van der Waals surface area contributed by atoms with Gasteiger partial charge in [-0.15, -0.1) is 11.3 Å². The first-order chi connectivity index (χ1) is 34.1. The minimum atomic E-state index is -1.42. The number of fused-ring (bicyclic) bond motifs is 7. The second-order valence-electron chi connectivity index (χ2n) is 19.5. The lowest BCUT2D eigenvalue weighted by Gasteiger charge is -2.59. The molecule has 0 bridgehead atoms. The monoisotopic (exact) mass is 1060 g/mol. The highest BCUT2D eigenvalue weighted by Gasteiger charge is 2.76. The smallest absolute Gasteiger partial charge is 0.243 e. The number of carbonyl (C=O) groups excluding carboxylic acids is 7. The van der Waals surface area contributed by atoms with E-state index in [-0.39, 0.29) is 61.7 Å². The van der Waals surface area contributed by atoms with E-state index < -0.39 is 89.4 Å². The Morgan fingerprint density at radius 1 is 0.887 bits per heavy atom. The van der Waals surface area contributed by atoms with Crippen molar-refractivity contribution in [2.24, 2.45) is 28.6 Å². The van der Waals surface area contributed by atoms with Crippen LogP contribution >= 0.6 is 27.3 Å². The van der Waals surface area contributed by atoms with E-state index >= 15 is 0 Å². The molecule has 1 aliphatic heterocycles. The molecular formula is C52H60BrN5O12S. The zero-order valence-electron chi connectivity index (χ0n) is 39.6. The van der Waals surface area contributed by atoms with Gasteiger partial charge in [-0.2, -0.15) is 0 Å². The number of amides is 5. The molecule has 0 spiro atoms. The Kier molecular flexibility index (Phi) is 16.2. The predicted octanol–water partition coefficient (Wildman–Crippen LogP) is 3.00. The molecule has 17 nitrogen and oxygen atoms in total. The van der Waals surface area contributed by atoms with Crippen molar-refractivity contribution in [1.29, 1.82) is 0 Å². The highest BCUT2D eigenvalue weighted by atomic mass is 79.9. The lowest BCUT2D eigenvalue weighted by Crippen LogP contribution is -2.63. The average Bonchev–Trinajstić information content (AvgIpc) is 4.06. The summed E-state index contributed by atoms with van der Waals surface area (Å²) in [4.78, 5) is 88.9. The highest BCUT2D eigenvalue weighted by molar-refractivity contribution is 9.09. The number of benzene rings is 2. The molecule has 1 saturated heterocycles. The van der Waals surface area contributed by atoms with Crippen molar-refractivity contribution in [3.63, 3.8) is 0 Å². The zero-order valence-corrected chi connectivity index (χ0v) is 42.0. The van der Waals surface area contributed by atoms with Crippen LogP contribution in [0.2, 0.25) is 0 Å². The number of aliphatic hydroxyl groups is 2. The molecule has 5 aliphatic rings. The summed E-state index contributed by atoms with van der Waals surface area (Å²) in [6.07, 6.45) is 6.28. The van der Waals surface area contributed by atoms with Crippen molar-refractivity contribution >= 4 is 68.4 Å². The van der Waals surface area contributed by atoms with Crippen molar-refractivity contribution in [3.05, 3.63) is 117 Å². The standard InChI is InChI=1S/C52H60BrN5O12S/c1-50-15-14-35(60)19-34(50)12-13-36-37-20-42-52(41(62)26-59,51(37,2)21-39(61)47(36)50)70-49(69-42)40-18-33(28-71-40)16-31-8-10-32(11-9-31)27-68-29-57-45(65)24-56-48(67)38(17-30-6-4-3-5-7-30)58-46(66)25-55-44(64)23-54-43(63)22-53/h3-11,14-15,18-19,28,36-39,42,47,49,59,61H,12-13,16-17,20-27,29H2,1-2H3,(H,54,63)(H,55,64)(H,56,67)(H,57,65)(H,58,66)/t36-,37-,38-,39-,42+,47+,49+,50-,51-,52+/m0/s1. The van der Waals surface area contributed by atoms with Crippen LogP contribution in [-0.2, 0) is 67.2 Å². The van der Waals surface area contributed by atoms with Crippen molar-refractivity contribution in [2.75, 3.05) is 38.3 Å². The van der Waals surface area contributed by atoms with Crippen LogP contribution in [0.25, 0.3) is 0 Å². The number of Topliss-reactive ketones (excluding diaryl/α,β-unsaturated/α-hetero) is 1. The van der Waals surface area contributed by atoms with E-state index in [9.17, 15) is 43.8 Å². The highest BCUT2D eigenvalue weighted by Crippen LogP contribution is 2.70. The maximum absolute atomic E-state index is 14.0. The molecule has 2 heterocycles. The Bertz CT molecular complexity index is 2570. The molecule has 1 aromatic heterocycles. The molecular weight excluding hydrogens is 999 g/mol. The molecule has 19 heteroatoms. The number of nitrogens with one attached hydrogen (secondary N) is 5. The third-order valence-corrected chi connectivity index (χ3v) is 16.7. The molecule has 3 aromatic rings. The number of hydrogen-bond donors (Lipinski definition) is 7. The lowest BCUT2D eigenvalue weighted by atomic mass is 9.46. The Hall–Kier alpha value is -5.41. The summed E-state index contributed by atoms with van der Waals surface area (Å²) < 4.78 is 19.1. The van der Waals surface area contributed by atoms with Crippen LogP contribution < -0.4 is 26.6 Å². The maximum Gasteiger partial charge on any atom is 0.243 e. The van der Waals surface area contributed by atoms with Gasteiger partial charge in [0.05, 0.1) is 48.7 Å². The lowest BCUT2D eigenvalue weighted by molar-refractivity contribution is -0.200. The summed E-state index contributed by atoms with van der Waals surface area (Å²) in [6.45, 7) is 2.41. The number of hydrogen-bond acceptors (Lipinski definition) is 13. The van der Waals surface area contributed by atoms with Gasteiger partial charge < -0.3 is 51.0 Å². The number of thiophene rings is 1. The Morgan fingerprint density at radius 3 is 2.34 bits per heavy atom. The minimum absolute atomic E-state index is 0.00416. The number of rotatable bonds is 20. The largest absolute Gasteiger partial charge is 0.393 e. The fraction of sp³-hybridized carbons (Fsp3) is 0.481. The summed E-state index contributed by atoms with van der Waals surface area (Å²) in [7, 11) is 0. The first kappa shape index (κ1) is 51.9. The van der Waals surface area contributed by atoms with Crippen LogP contribution in [0.15, 0.2) is 89.8 Å². The molecule has 0 radical (unpaired) electrons. The van der Waals surface area contributed by atoms with Gasteiger partial charge in [-0.25, -0.2) is 0 Å². The van der Waals surface area contributed by atoms with E-state index in [1.807, 2.05) is 54.8 Å². The van der Waals surface area contributed by atoms with Crippen LogP contribution in [0.4, 0.5) is 0 Å². The Balaban J connectivity index is 0.793. The normalized spacial score (nSPS) is 28.5. The van der Waals surface area contributed by atoms with Crippen LogP contribution in [0.5, 0.6) is 0 Å². The zero-order chi connectivity index (χ0) is 50.5. The van der Waals surface area contributed by atoms with Gasteiger partial charge in [-0.3, -0.25) is 33.6 Å². The quantitative estimate of drug-likeness (QED) is 0.0491. The molecule has 0 unspecified atom stereocenters. The maximum atomic E-state index is 14.0. The van der Waals surface area contributed by atoms with E-state index in [1.165, 1.54) is 11.3 Å². The van der Waals surface area contributed by atoms with E-state index in [4.69, 9.17) is 14.2 Å². The number of aliphatic hydroxyl groups excluding tert-OH is 2. The van der Waals surface area contributed by atoms with Crippen molar-refractivity contribution in [1.82, 2.24) is 26.6 Å². The number of alkyl halides is 1. The third-order valence-electron chi connectivity index (χ3n) is 15.1. The number of ether oxygens (including phenoxy) is 3. The van der Waals surface area contributed by atoms with Crippen molar-refractivity contribution in [2.45, 2.75) is 89.1 Å². The van der Waals surface area contributed by atoms with Gasteiger partial charge in [-0.05, 0) is 89.8 Å². The van der Waals surface area contributed by atoms with Gasteiger partial charge in [0.15, 0.2) is 23.5 Å². The summed E-state index contributed by atoms with van der Waals surface area (Å²) in [5.74, 6) is -3.22. The second-order valence-corrected chi connectivity index (χ2v) is 21.0. The number of ketones is 2. The SMILES string of the molecule is C[C@]12C=CC(=O)C=C1CC[C@@H]1[C@@H]2[C@@H](O)C[C@@]2(C)[C@H]1C[C@H]1O[C@@H](c3cc(Cc4ccc(COCNC(=O)CNC(=O)[C@H](Cc5ccccc5)NC(=O)CNC(=O)CNC(=O)CBr)cc4)cs3)O[C@]12C(=O)CO. The van der Waals surface area contributed by atoms with Gasteiger partial charge in [0.2, 0.25) is 29.5 Å². The molecule has 378 valence electrons. The Morgan fingerprint density at radius 2 is 1.59 bits per heavy atom. The first-order valence-corrected chi connectivity index (χ1v) is 25.9. The minimum Gasteiger partial charge on any atom is -0.393 e. The fourth-order valence-electron chi connectivity index (χ4n) is 11.8. The van der Waals surface area contributed by atoms with E-state index in [0.717, 1.165) is 45.5 Å². The fourth-order valence-corrected chi connectivity index (χ4v) is 12.9. The van der Waals surface area contributed by atoms with Crippen LogP contribution in [-0.4, -0.2) is 113 Å². The van der Waals surface area contributed by atoms with E-state index in [2.05, 4.69) is 49.4 Å². The molecule has 2 aromatic carbocycles. The van der Waals surface area contributed by atoms with Gasteiger partial charge in [0.1, 0.15) is 19.4 Å². The molecule has 5 amide bonds. The van der Waals surface area contributed by atoms with E-state index in [0.29, 0.717) is 19.3 Å². The number of halogens is 1. The van der Waals surface area contributed by atoms with Gasteiger partial charge >= 0.3 is 0 Å². The number of carbonyl (C=O) groups is 7. The van der Waals surface area contributed by atoms with Gasteiger partial charge in [0.25, 0.3) is 0 Å². The molecule has 71 heavy (non-hydrogen) atoms. The summed E-state index contributed by atoms with van der Waals surface area (Å²) in [5.41, 5.74) is 2.09. The topological polar surface area (TPSA) is 248 Å². The molecule has 10 atom stereocenters. The van der Waals surface area contributed by atoms with Gasteiger partial charge in [-0.1, -0.05) is 96.0 Å². The summed E-state index contributed by atoms with van der Waals surface area (Å²) >= 11 is 4.47. The average molecular weight is 1060 g/mol. The first-order valence-electron chi connectivity index (χ1n) is 23.9. The van der Waals surface area contributed by atoms with E-state index in [1.54, 1.807) is 36.4 Å². The van der Waals surface area contributed by atoms with Crippen LogP contribution in [0.3, 0.4) is 0 Å². The number of allylic oxidation sites excluding steroid dienone is 4. The molecule has 4 aliphatic carbocycles. The van der Waals surface area contributed by atoms with Crippen LogP contribution in [0.1, 0.15) is 73.0 Å². The van der Waals surface area contributed by atoms with Crippen LogP contribution in [0, 0.1) is 28.6 Å².